The molecule has 2 fully saturated rings. The molecule has 16 heavy (non-hydrogen) atoms. The van der Waals surface area contributed by atoms with Crippen LogP contribution >= 0.6 is 0 Å². The van der Waals surface area contributed by atoms with Gasteiger partial charge in [0.2, 0.25) is 11.7 Å². The molecule has 0 saturated carbocycles. The van der Waals surface area contributed by atoms with E-state index >= 15 is 0 Å². The standard InChI is InChI=1S/C10H12O6/c1-2-14-8(12)6-5-10(9(13)15-6)4-3-7(11)16-10/h6H,2-5H2,1H3. The average Bonchev–Trinajstić information content (AvgIpc) is 2.74. The summed E-state index contributed by atoms with van der Waals surface area (Å²) in [4.78, 5) is 33.9. The molecular formula is C10H12O6. The van der Waals surface area contributed by atoms with Crippen LogP contribution in [0.3, 0.4) is 0 Å². The van der Waals surface area contributed by atoms with E-state index in [0.717, 1.165) is 0 Å². The number of cyclic esters (lactones) is 1. The van der Waals surface area contributed by atoms with Crippen LogP contribution in [0.2, 0.25) is 0 Å². The van der Waals surface area contributed by atoms with Gasteiger partial charge >= 0.3 is 17.9 Å². The first kappa shape index (κ1) is 10.9. The smallest absolute Gasteiger partial charge is 0.351 e. The molecular weight excluding hydrogens is 216 g/mol. The Morgan fingerprint density at radius 3 is 2.88 bits per heavy atom. The topological polar surface area (TPSA) is 78.9 Å². The van der Waals surface area contributed by atoms with Crippen molar-refractivity contribution in [2.75, 3.05) is 6.61 Å². The molecule has 0 radical (unpaired) electrons. The Bertz CT molecular complexity index is 349. The van der Waals surface area contributed by atoms with E-state index in [1.165, 1.54) is 0 Å². The Morgan fingerprint density at radius 1 is 1.56 bits per heavy atom. The fraction of sp³-hybridized carbons (Fsp3) is 0.700. The summed E-state index contributed by atoms with van der Waals surface area (Å²) in [5.74, 6) is -1.66. The highest BCUT2D eigenvalue weighted by Gasteiger charge is 2.57. The van der Waals surface area contributed by atoms with Crippen LogP contribution in [0.4, 0.5) is 0 Å². The van der Waals surface area contributed by atoms with Gasteiger partial charge in [0, 0.05) is 19.3 Å². The van der Waals surface area contributed by atoms with Crippen molar-refractivity contribution >= 4 is 17.9 Å². The first-order chi connectivity index (χ1) is 7.57. The first-order valence-corrected chi connectivity index (χ1v) is 5.17. The quantitative estimate of drug-likeness (QED) is 0.486. The fourth-order valence-corrected chi connectivity index (χ4v) is 1.94. The number of ether oxygens (including phenoxy) is 3. The largest absolute Gasteiger partial charge is 0.463 e. The van der Waals surface area contributed by atoms with E-state index in [2.05, 4.69) is 0 Å². The Kier molecular flexibility index (Phi) is 2.57. The normalized spacial score (nSPS) is 32.7. The Labute approximate surface area is 91.8 Å². The van der Waals surface area contributed by atoms with Crippen molar-refractivity contribution in [1.29, 1.82) is 0 Å². The number of esters is 3. The second-order valence-electron chi connectivity index (χ2n) is 3.82. The molecule has 2 unspecified atom stereocenters. The molecule has 2 saturated heterocycles. The van der Waals surface area contributed by atoms with Crippen molar-refractivity contribution in [2.45, 2.75) is 37.9 Å². The highest BCUT2D eigenvalue weighted by atomic mass is 16.6. The molecule has 6 heteroatoms. The molecule has 1 spiro atoms. The van der Waals surface area contributed by atoms with E-state index in [-0.39, 0.29) is 25.9 Å². The molecule has 2 aliphatic heterocycles. The minimum absolute atomic E-state index is 0.0659. The second kappa shape index (κ2) is 3.77. The van der Waals surface area contributed by atoms with Gasteiger partial charge in [-0.3, -0.25) is 4.79 Å². The fourth-order valence-electron chi connectivity index (χ4n) is 1.94. The molecule has 0 aromatic carbocycles. The summed E-state index contributed by atoms with van der Waals surface area (Å²) < 4.78 is 14.6. The summed E-state index contributed by atoms with van der Waals surface area (Å²) in [5.41, 5.74) is -1.24. The van der Waals surface area contributed by atoms with Crippen molar-refractivity contribution in [3.05, 3.63) is 0 Å². The van der Waals surface area contributed by atoms with E-state index in [4.69, 9.17) is 14.2 Å². The maximum absolute atomic E-state index is 11.6. The zero-order chi connectivity index (χ0) is 11.8. The molecule has 2 atom stereocenters. The van der Waals surface area contributed by atoms with Crippen LogP contribution in [0.1, 0.15) is 26.2 Å². The van der Waals surface area contributed by atoms with Gasteiger partial charge in [-0.1, -0.05) is 0 Å². The van der Waals surface area contributed by atoms with Crippen LogP contribution in [0.5, 0.6) is 0 Å². The SMILES string of the molecule is CCOC(=O)C1CC2(CCC(=O)O2)C(=O)O1. The van der Waals surface area contributed by atoms with Crippen LogP contribution in [0.25, 0.3) is 0 Å². The minimum atomic E-state index is -1.24. The lowest BCUT2D eigenvalue weighted by atomic mass is 9.96. The molecule has 2 rings (SSSR count). The predicted octanol–water partition coefficient (Wildman–Crippen LogP) is -0.0592. The van der Waals surface area contributed by atoms with Gasteiger partial charge in [-0.05, 0) is 6.92 Å². The van der Waals surface area contributed by atoms with Crippen molar-refractivity contribution < 1.29 is 28.6 Å². The molecule has 0 aromatic heterocycles. The van der Waals surface area contributed by atoms with Crippen LogP contribution < -0.4 is 0 Å². The van der Waals surface area contributed by atoms with Gasteiger partial charge in [-0.25, -0.2) is 9.59 Å². The van der Waals surface area contributed by atoms with E-state index in [1.54, 1.807) is 6.92 Å². The van der Waals surface area contributed by atoms with Gasteiger partial charge in [-0.15, -0.1) is 0 Å². The van der Waals surface area contributed by atoms with Crippen LogP contribution in [-0.4, -0.2) is 36.2 Å². The lowest BCUT2D eigenvalue weighted by Crippen LogP contribution is -2.34. The summed E-state index contributed by atoms with van der Waals surface area (Å²) in [6, 6.07) is 0. The third-order valence-corrected chi connectivity index (χ3v) is 2.73. The molecule has 88 valence electrons. The third kappa shape index (κ3) is 1.64. The minimum Gasteiger partial charge on any atom is -0.463 e. The van der Waals surface area contributed by atoms with Crippen molar-refractivity contribution in [3.63, 3.8) is 0 Å². The Morgan fingerprint density at radius 2 is 2.31 bits per heavy atom. The van der Waals surface area contributed by atoms with Gasteiger partial charge in [0.25, 0.3) is 0 Å². The zero-order valence-electron chi connectivity index (χ0n) is 8.86. The van der Waals surface area contributed by atoms with Crippen LogP contribution in [0.15, 0.2) is 0 Å². The van der Waals surface area contributed by atoms with E-state index in [0.29, 0.717) is 0 Å². The average molecular weight is 228 g/mol. The lowest BCUT2D eigenvalue weighted by Gasteiger charge is -2.15. The lowest BCUT2D eigenvalue weighted by molar-refractivity contribution is -0.167. The molecule has 0 aliphatic carbocycles. The molecule has 0 bridgehead atoms. The Hall–Kier alpha value is -1.59. The van der Waals surface area contributed by atoms with Gasteiger partial charge in [0.15, 0.2) is 0 Å². The van der Waals surface area contributed by atoms with Gasteiger partial charge in [0.05, 0.1) is 6.61 Å². The number of rotatable bonds is 2. The van der Waals surface area contributed by atoms with Crippen LogP contribution in [-0.2, 0) is 28.6 Å². The van der Waals surface area contributed by atoms with E-state index in [9.17, 15) is 14.4 Å². The number of hydrogen-bond acceptors (Lipinski definition) is 6. The molecule has 2 aliphatic rings. The molecule has 0 N–H and O–H groups in total. The van der Waals surface area contributed by atoms with E-state index in [1.807, 2.05) is 0 Å². The summed E-state index contributed by atoms with van der Waals surface area (Å²) in [5, 5.41) is 0. The Balaban J connectivity index is 2.07. The number of carbonyl (C=O) groups excluding carboxylic acids is 3. The summed E-state index contributed by atoms with van der Waals surface area (Å²) in [6.07, 6.45) is -0.417. The van der Waals surface area contributed by atoms with Crippen LogP contribution in [0, 0.1) is 0 Å². The summed E-state index contributed by atoms with van der Waals surface area (Å²) in [6.45, 7) is 1.89. The predicted molar refractivity (Wildman–Crippen MR) is 49.2 cm³/mol. The highest BCUT2D eigenvalue weighted by molar-refractivity contribution is 5.92. The van der Waals surface area contributed by atoms with Crippen molar-refractivity contribution in [1.82, 2.24) is 0 Å². The highest BCUT2D eigenvalue weighted by Crippen LogP contribution is 2.38. The third-order valence-electron chi connectivity index (χ3n) is 2.73. The zero-order valence-corrected chi connectivity index (χ0v) is 8.86. The van der Waals surface area contributed by atoms with Crippen molar-refractivity contribution in [3.8, 4) is 0 Å². The number of carbonyl (C=O) groups is 3. The summed E-state index contributed by atoms with van der Waals surface area (Å²) >= 11 is 0. The molecule has 0 aromatic rings. The number of hydrogen-bond donors (Lipinski definition) is 0. The first-order valence-electron chi connectivity index (χ1n) is 5.17. The van der Waals surface area contributed by atoms with Gasteiger partial charge < -0.3 is 14.2 Å². The van der Waals surface area contributed by atoms with Gasteiger partial charge in [0.1, 0.15) is 0 Å². The molecule has 0 amide bonds. The summed E-state index contributed by atoms with van der Waals surface area (Å²) in [7, 11) is 0. The van der Waals surface area contributed by atoms with E-state index < -0.39 is 29.6 Å². The maximum Gasteiger partial charge on any atom is 0.351 e. The maximum atomic E-state index is 11.6. The second-order valence-corrected chi connectivity index (χ2v) is 3.82. The van der Waals surface area contributed by atoms with Gasteiger partial charge in [-0.2, -0.15) is 0 Å². The molecule has 6 nitrogen and oxygen atoms in total. The van der Waals surface area contributed by atoms with Crippen molar-refractivity contribution in [2.24, 2.45) is 0 Å². The molecule has 2 heterocycles. The monoisotopic (exact) mass is 228 g/mol.